The van der Waals surface area contributed by atoms with Gasteiger partial charge < -0.3 is 9.84 Å². The Morgan fingerprint density at radius 2 is 2.15 bits per heavy atom. The summed E-state index contributed by atoms with van der Waals surface area (Å²) in [5, 5.41) is 7.76. The molecule has 7 heteroatoms. The van der Waals surface area contributed by atoms with Gasteiger partial charge in [-0.05, 0) is 62.8 Å². The van der Waals surface area contributed by atoms with Crippen LogP contribution in [-0.2, 0) is 16.8 Å². The standard InChI is InChI=1S/C20H25ClN4O2/c1-14-23-18(27-24-14)13-25-10-2-3-15(12-25)11-22-19(26)20(8-9-20)16-4-6-17(21)7-5-16/h4-7,15H,2-3,8-13H2,1H3,(H,22,26)/t15-/m1/s1. The number of likely N-dealkylation sites (tertiary alicyclic amines) is 1. The molecule has 4 rings (SSSR count). The zero-order valence-corrected chi connectivity index (χ0v) is 16.3. The molecule has 1 N–H and O–H groups in total. The van der Waals surface area contributed by atoms with Gasteiger partial charge in [0, 0.05) is 18.1 Å². The van der Waals surface area contributed by atoms with Crippen molar-refractivity contribution in [1.29, 1.82) is 0 Å². The third kappa shape index (κ3) is 4.17. The minimum absolute atomic E-state index is 0.148. The molecule has 6 nitrogen and oxygen atoms in total. The summed E-state index contributed by atoms with van der Waals surface area (Å²) in [5.74, 6) is 1.93. The molecule has 1 atom stereocenters. The van der Waals surface area contributed by atoms with Crippen molar-refractivity contribution in [2.45, 2.75) is 44.6 Å². The molecule has 1 aliphatic carbocycles. The van der Waals surface area contributed by atoms with Gasteiger partial charge in [-0.3, -0.25) is 9.69 Å². The molecule has 0 spiro atoms. The maximum absolute atomic E-state index is 12.8. The van der Waals surface area contributed by atoms with Gasteiger partial charge in [-0.15, -0.1) is 0 Å². The van der Waals surface area contributed by atoms with E-state index in [2.05, 4.69) is 20.4 Å². The Kier molecular flexibility index (Phi) is 5.19. The third-order valence-electron chi connectivity index (χ3n) is 5.66. The van der Waals surface area contributed by atoms with Crippen molar-refractivity contribution in [3.8, 4) is 0 Å². The molecule has 1 aromatic carbocycles. The summed E-state index contributed by atoms with van der Waals surface area (Å²) >= 11 is 5.98. The van der Waals surface area contributed by atoms with E-state index in [0.29, 0.717) is 35.7 Å². The summed E-state index contributed by atoms with van der Waals surface area (Å²) in [5.41, 5.74) is 0.724. The van der Waals surface area contributed by atoms with Crippen LogP contribution in [0.15, 0.2) is 28.8 Å². The van der Waals surface area contributed by atoms with Crippen molar-refractivity contribution in [3.63, 3.8) is 0 Å². The van der Waals surface area contributed by atoms with E-state index in [9.17, 15) is 4.79 Å². The van der Waals surface area contributed by atoms with Crippen molar-refractivity contribution in [1.82, 2.24) is 20.4 Å². The number of benzene rings is 1. The van der Waals surface area contributed by atoms with Gasteiger partial charge >= 0.3 is 0 Å². The van der Waals surface area contributed by atoms with E-state index in [1.807, 2.05) is 31.2 Å². The van der Waals surface area contributed by atoms with Gasteiger partial charge in [0.05, 0.1) is 12.0 Å². The highest BCUT2D eigenvalue weighted by atomic mass is 35.5. The van der Waals surface area contributed by atoms with Crippen LogP contribution in [0.2, 0.25) is 5.02 Å². The summed E-state index contributed by atoms with van der Waals surface area (Å²) in [6.45, 7) is 5.19. The van der Waals surface area contributed by atoms with Crippen molar-refractivity contribution in [3.05, 3.63) is 46.6 Å². The van der Waals surface area contributed by atoms with E-state index in [1.54, 1.807) is 0 Å². The lowest BCUT2D eigenvalue weighted by atomic mass is 9.93. The Labute approximate surface area is 164 Å². The molecule has 1 saturated heterocycles. The van der Waals surface area contributed by atoms with Crippen molar-refractivity contribution in [2.24, 2.45) is 5.92 Å². The summed E-state index contributed by atoms with van der Waals surface area (Å²) < 4.78 is 5.23. The van der Waals surface area contributed by atoms with Crippen molar-refractivity contribution in [2.75, 3.05) is 19.6 Å². The Bertz CT molecular complexity index is 801. The number of nitrogens with zero attached hydrogens (tertiary/aromatic N) is 3. The molecule has 1 aromatic heterocycles. The molecule has 1 aliphatic heterocycles. The second kappa shape index (κ2) is 7.60. The summed E-state index contributed by atoms with van der Waals surface area (Å²) in [7, 11) is 0. The second-order valence-electron chi connectivity index (χ2n) is 7.78. The smallest absolute Gasteiger partial charge is 0.240 e. The zero-order valence-electron chi connectivity index (χ0n) is 15.6. The number of hydrogen-bond acceptors (Lipinski definition) is 5. The van der Waals surface area contributed by atoms with Crippen LogP contribution in [0.25, 0.3) is 0 Å². The number of nitrogens with one attached hydrogen (secondary N) is 1. The van der Waals surface area contributed by atoms with Crippen molar-refractivity contribution >= 4 is 17.5 Å². The fraction of sp³-hybridized carbons (Fsp3) is 0.550. The first-order valence-electron chi connectivity index (χ1n) is 9.61. The number of aromatic nitrogens is 2. The monoisotopic (exact) mass is 388 g/mol. The summed E-state index contributed by atoms with van der Waals surface area (Å²) in [4.78, 5) is 19.5. The highest BCUT2D eigenvalue weighted by Crippen LogP contribution is 2.48. The fourth-order valence-electron chi connectivity index (χ4n) is 4.00. The van der Waals surface area contributed by atoms with Gasteiger partial charge in [-0.2, -0.15) is 4.98 Å². The van der Waals surface area contributed by atoms with Gasteiger partial charge in [0.1, 0.15) is 0 Å². The maximum Gasteiger partial charge on any atom is 0.240 e. The minimum Gasteiger partial charge on any atom is -0.355 e. The molecule has 144 valence electrons. The Morgan fingerprint density at radius 3 is 2.81 bits per heavy atom. The molecule has 2 fully saturated rings. The lowest BCUT2D eigenvalue weighted by molar-refractivity contribution is -0.123. The molecule has 1 amide bonds. The SMILES string of the molecule is Cc1noc(CN2CCC[C@H](CNC(=O)C3(c4ccc(Cl)cc4)CC3)C2)n1. The second-order valence-corrected chi connectivity index (χ2v) is 8.21. The molecule has 2 aromatic rings. The molecule has 2 aliphatic rings. The Morgan fingerprint density at radius 1 is 1.37 bits per heavy atom. The largest absolute Gasteiger partial charge is 0.355 e. The predicted octanol–water partition coefficient (Wildman–Crippen LogP) is 3.09. The van der Waals surface area contributed by atoms with Crippen LogP contribution in [-0.4, -0.2) is 40.6 Å². The van der Waals surface area contributed by atoms with Gasteiger partial charge in [-0.1, -0.05) is 28.9 Å². The molecule has 27 heavy (non-hydrogen) atoms. The van der Waals surface area contributed by atoms with Crippen LogP contribution in [0.3, 0.4) is 0 Å². The lowest BCUT2D eigenvalue weighted by Crippen LogP contribution is -2.43. The normalized spacial score (nSPS) is 21.8. The van der Waals surface area contributed by atoms with Gasteiger partial charge in [-0.25, -0.2) is 0 Å². The Hall–Kier alpha value is -1.92. The van der Waals surface area contributed by atoms with E-state index in [4.69, 9.17) is 16.1 Å². The molecule has 1 saturated carbocycles. The quantitative estimate of drug-likeness (QED) is 0.823. The van der Waals surface area contributed by atoms with Crippen molar-refractivity contribution < 1.29 is 9.32 Å². The molecular formula is C20H25ClN4O2. The van der Waals surface area contributed by atoms with E-state index < -0.39 is 0 Å². The molecule has 0 bridgehead atoms. The van der Waals surface area contributed by atoms with Crippen LogP contribution >= 0.6 is 11.6 Å². The summed E-state index contributed by atoms with van der Waals surface area (Å²) in [6, 6.07) is 7.68. The average Bonchev–Trinajstić information content (AvgIpc) is 3.38. The number of carbonyl (C=O) groups is 1. The predicted molar refractivity (Wildman–Crippen MR) is 102 cm³/mol. The first-order chi connectivity index (χ1) is 13.0. The number of hydrogen-bond donors (Lipinski definition) is 1. The summed E-state index contributed by atoms with van der Waals surface area (Å²) in [6.07, 6.45) is 4.07. The maximum atomic E-state index is 12.8. The van der Waals surface area contributed by atoms with Crippen LogP contribution in [0, 0.1) is 12.8 Å². The molecule has 2 heterocycles. The van der Waals surface area contributed by atoms with Crippen LogP contribution in [0.4, 0.5) is 0 Å². The van der Waals surface area contributed by atoms with Crippen LogP contribution in [0.1, 0.15) is 43.0 Å². The highest BCUT2D eigenvalue weighted by molar-refractivity contribution is 6.30. The van der Waals surface area contributed by atoms with Gasteiger partial charge in [0.25, 0.3) is 0 Å². The minimum atomic E-state index is -0.347. The van der Waals surface area contributed by atoms with E-state index in [-0.39, 0.29) is 11.3 Å². The number of aryl methyl sites for hydroxylation is 1. The van der Waals surface area contributed by atoms with Gasteiger partial charge in [0.15, 0.2) is 5.82 Å². The first-order valence-corrected chi connectivity index (χ1v) is 9.99. The number of carbonyl (C=O) groups excluding carboxylic acids is 1. The molecule has 0 radical (unpaired) electrons. The number of amides is 1. The van der Waals surface area contributed by atoms with E-state index >= 15 is 0 Å². The topological polar surface area (TPSA) is 71.3 Å². The zero-order chi connectivity index (χ0) is 18.9. The molecular weight excluding hydrogens is 364 g/mol. The van der Waals surface area contributed by atoms with E-state index in [1.165, 1.54) is 0 Å². The van der Waals surface area contributed by atoms with E-state index in [0.717, 1.165) is 44.3 Å². The first kappa shape index (κ1) is 18.4. The van der Waals surface area contributed by atoms with Crippen LogP contribution < -0.4 is 5.32 Å². The number of halogens is 1. The third-order valence-corrected chi connectivity index (χ3v) is 5.92. The number of piperidine rings is 1. The molecule has 0 unspecified atom stereocenters. The highest BCUT2D eigenvalue weighted by Gasteiger charge is 2.51. The average molecular weight is 389 g/mol. The Balaban J connectivity index is 1.30. The fourth-order valence-corrected chi connectivity index (χ4v) is 4.13. The van der Waals surface area contributed by atoms with Gasteiger partial charge in [0.2, 0.25) is 11.8 Å². The van der Waals surface area contributed by atoms with Crippen LogP contribution in [0.5, 0.6) is 0 Å². The number of rotatable bonds is 6. The lowest BCUT2D eigenvalue weighted by Gasteiger charge is -2.32.